The fourth-order valence-corrected chi connectivity index (χ4v) is 3.99. The van der Waals surface area contributed by atoms with Crippen LogP contribution in [0.4, 0.5) is 0 Å². The lowest BCUT2D eigenvalue weighted by molar-refractivity contribution is 0.347. The van der Waals surface area contributed by atoms with Gasteiger partial charge >= 0.3 is 0 Å². The first-order chi connectivity index (χ1) is 7.86. The van der Waals surface area contributed by atoms with Gasteiger partial charge in [0.25, 0.3) is 0 Å². The Bertz CT molecular complexity index is 152. The lowest BCUT2D eigenvalue weighted by Gasteiger charge is -2.16. The summed E-state index contributed by atoms with van der Waals surface area (Å²) in [5, 5.41) is 0. The van der Waals surface area contributed by atoms with Crippen molar-refractivity contribution in [3.63, 3.8) is 0 Å². The van der Waals surface area contributed by atoms with Gasteiger partial charge in [0.05, 0.1) is 0 Å². The predicted molar refractivity (Wildman–Crippen MR) is 71.5 cm³/mol. The third kappa shape index (κ3) is 3.79. The summed E-state index contributed by atoms with van der Waals surface area (Å²) in [6.07, 6.45) is 18.3. The van der Waals surface area contributed by atoms with E-state index in [0.717, 1.165) is 17.8 Å². The maximum absolute atomic E-state index is 2.34. The summed E-state index contributed by atoms with van der Waals surface area (Å²) < 4.78 is 0. The smallest absolute Gasteiger partial charge is 0.0386 e. The Morgan fingerprint density at radius 3 is 1.06 bits per heavy atom. The highest BCUT2D eigenvalue weighted by Crippen LogP contribution is 2.39. The van der Waals surface area contributed by atoms with E-state index < -0.39 is 0 Å². The summed E-state index contributed by atoms with van der Waals surface area (Å²) in [5.74, 6) is 3.36. The molecular formula is C16H30. The highest BCUT2D eigenvalue weighted by molar-refractivity contribution is 4.78. The van der Waals surface area contributed by atoms with Gasteiger partial charge in [0, 0.05) is 0 Å². The monoisotopic (exact) mass is 222 g/mol. The summed E-state index contributed by atoms with van der Waals surface area (Å²) >= 11 is 0. The van der Waals surface area contributed by atoms with Crippen LogP contribution in [0, 0.1) is 17.8 Å². The Labute approximate surface area is 102 Å². The lowest BCUT2D eigenvalue weighted by atomic mass is 9.90. The molecular weight excluding hydrogens is 192 g/mol. The van der Waals surface area contributed by atoms with E-state index in [1.54, 1.807) is 25.7 Å². The second kappa shape index (κ2) is 6.67. The first-order valence-corrected chi connectivity index (χ1v) is 7.86. The molecule has 0 aromatic rings. The van der Waals surface area contributed by atoms with E-state index in [9.17, 15) is 0 Å². The number of hydrogen-bond donors (Lipinski definition) is 0. The van der Waals surface area contributed by atoms with Crippen molar-refractivity contribution >= 4 is 0 Å². The summed E-state index contributed by atoms with van der Waals surface area (Å²) in [6.45, 7) is 2.34. The fourth-order valence-electron chi connectivity index (χ4n) is 3.99. The maximum atomic E-state index is 2.34. The third-order valence-electron chi connectivity index (χ3n) is 5.11. The average Bonchev–Trinajstić information content (AvgIpc) is 3.02. The van der Waals surface area contributed by atoms with E-state index in [1.807, 2.05) is 0 Å². The van der Waals surface area contributed by atoms with Crippen molar-refractivity contribution in [1.29, 1.82) is 0 Å². The SMILES string of the molecule is C1CCC(C2CCCC2)C1.CC1CCCC1. The molecule has 0 nitrogen and oxygen atoms in total. The highest BCUT2D eigenvalue weighted by atomic mass is 14.3. The van der Waals surface area contributed by atoms with Crippen molar-refractivity contribution in [3.8, 4) is 0 Å². The predicted octanol–water partition coefficient (Wildman–Crippen LogP) is 5.56. The molecule has 3 aliphatic rings. The van der Waals surface area contributed by atoms with Crippen LogP contribution in [0.15, 0.2) is 0 Å². The van der Waals surface area contributed by atoms with Gasteiger partial charge in [-0.1, -0.05) is 84.0 Å². The molecule has 16 heavy (non-hydrogen) atoms. The van der Waals surface area contributed by atoms with Crippen LogP contribution in [0.3, 0.4) is 0 Å². The van der Waals surface area contributed by atoms with Crippen LogP contribution in [0.1, 0.15) is 84.0 Å². The molecule has 0 radical (unpaired) electrons. The molecule has 0 unspecified atom stereocenters. The minimum atomic E-state index is 1.05. The molecule has 0 N–H and O–H groups in total. The van der Waals surface area contributed by atoms with Crippen LogP contribution in [-0.4, -0.2) is 0 Å². The van der Waals surface area contributed by atoms with Crippen molar-refractivity contribution in [2.45, 2.75) is 84.0 Å². The molecule has 0 heteroatoms. The van der Waals surface area contributed by atoms with Gasteiger partial charge in [-0.3, -0.25) is 0 Å². The van der Waals surface area contributed by atoms with Crippen molar-refractivity contribution in [2.75, 3.05) is 0 Å². The van der Waals surface area contributed by atoms with Gasteiger partial charge in [0.2, 0.25) is 0 Å². The van der Waals surface area contributed by atoms with Crippen LogP contribution >= 0.6 is 0 Å². The first kappa shape index (κ1) is 12.5. The summed E-state index contributed by atoms with van der Waals surface area (Å²) in [4.78, 5) is 0. The van der Waals surface area contributed by atoms with Gasteiger partial charge in [-0.25, -0.2) is 0 Å². The van der Waals surface area contributed by atoms with Gasteiger partial charge in [0.1, 0.15) is 0 Å². The minimum Gasteiger partial charge on any atom is -0.0625 e. The Kier molecular flexibility index (Phi) is 5.19. The molecule has 0 saturated heterocycles. The van der Waals surface area contributed by atoms with E-state index in [0.29, 0.717) is 0 Å². The van der Waals surface area contributed by atoms with E-state index in [2.05, 4.69) is 6.92 Å². The topological polar surface area (TPSA) is 0 Å². The van der Waals surface area contributed by atoms with Crippen LogP contribution in [0.5, 0.6) is 0 Å². The standard InChI is InChI=1S/C10H18.C6H12/c1-2-6-9(5-1)10-7-3-4-8-10;1-6-4-2-3-5-6/h9-10H,1-8H2;6H,2-5H2,1H3. The van der Waals surface area contributed by atoms with Crippen LogP contribution in [0.2, 0.25) is 0 Å². The van der Waals surface area contributed by atoms with Crippen molar-refractivity contribution in [2.24, 2.45) is 17.8 Å². The molecule has 0 spiro atoms. The van der Waals surface area contributed by atoms with Gasteiger partial charge in [-0.2, -0.15) is 0 Å². The number of hydrogen-bond acceptors (Lipinski definition) is 0. The second-order valence-electron chi connectivity index (χ2n) is 6.48. The molecule has 0 amide bonds. The van der Waals surface area contributed by atoms with E-state index >= 15 is 0 Å². The van der Waals surface area contributed by atoms with Crippen molar-refractivity contribution < 1.29 is 0 Å². The molecule has 3 fully saturated rings. The van der Waals surface area contributed by atoms with E-state index in [-0.39, 0.29) is 0 Å². The second-order valence-corrected chi connectivity index (χ2v) is 6.48. The normalized spacial score (nSPS) is 28.3. The van der Waals surface area contributed by atoms with E-state index in [1.165, 1.54) is 51.4 Å². The van der Waals surface area contributed by atoms with Gasteiger partial charge in [0.15, 0.2) is 0 Å². The molecule has 94 valence electrons. The first-order valence-electron chi connectivity index (χ1n) is 7.86. The molecule has 3 aliphatic carbocycles. The minimum absolute atomic E-state index is 1.05. The zero-order valence-corrected chi connectivity index (χ0v) is 11.2. The molecule has 3 rings (SSSR count). The van der Waals surface area contributed by atoms with Gasteiger partial charge < -0.3 is 0 Å². The van der Waals surface area contributed by atoms with Crippen LogP contribution in [-0.2, 0) is 0 Å². The zero-order chi connectivity index (χ0) is 11.2. The Morgan fingerprint density at radius 2 is 0.812 bits per heavy atom. The quantitative estimate of drug-likeness (QED) is 0.544. The largest absolute Gasteiger partial charge is 0.0625 e. The Hall–Kier alpha value is 0. The van der Waals surface area contributed by atoms with Crippen molar-refractivity contribution in [1.82, 2.24) is 0 Å². The fraction of sp³-hybridized carbons (Fsp3) is 1.00. The number of rotatable bonds is 1. The average molecular weight is 222 g/mol. The Balaban J connectivity index is 0.000000138. The highest BCUT2D eigenvalue weighted by Gasteiger charge is 2.26. The van der Waals surface area contributed by atoms with Crippen LogP contribution < -0.4 is 0 Å². The molecule has 0 aromatic heterocycles. The zero-order valence-electron chi connectivity index (χ0n) is 11.2. The van der Waals surface area contributed by atoms with Gasteiger partial charge in [-0.05, 0) is 17.8 Å². The summed E-state index contributed by atoms with van der Waals surface area (Å²) in [7, 11) is 0. The van der Waals surface area contributed by atoms with E-state index in [4.69, 9.17) is 0 Å². The molecule has 0 bridgehead atoms. The summed E-state index contributed by atoms with van der Waals surface area (Å²) in [6, 6.07) is 0. The molecule has 0 atom stereocenters. The third-order valence-corrected chi connectivity index (χ3v) is 5.11. The molecule has 0 aromatic carbocycles. The maximum Gasteiger partial charge on any atom is -0.0386 e. The molecule has 3 saturated carbocycles. The lowest BCUT2D eigenvalue weighted by Crippen LogP contribution is -2.06. The molecule has 0 heterocycles. The van der Waals surface area contributed by atoms with Crippen molar-refractivity contribution in [3.05, 3.63) is 0 Å². The Morgan fingerprint density at radius 1 is 0.500 bits per heavy atom. The van der Waals surface area contributed by atoms with Crippen LogP contribution in [0.25, 0.3) is 0 Å². The van der Waals surface area contributed by atoms with Gasteiger partial charge in [-0.15, -0.1) is 0 Å². The summed E-state index contributed by atoms with van der Waals surface area (Å²) in [5.41, 5.74) is 0. The molecule has 0 aliphatic heterocycles.